The number of benzene rings is 1. The fourth-order valence-corrected chi connectivity index (χ4v) is 0.978. The molecule has 0 aliphatic heterocycles. The van der Waals surface area contributed by atoms with Gasteiger partial charge in [0.2, 0.25) is 0 Å². The van der Waals surface area contributed by atoms with Gasteiger partial charge in [-0.05, 0) is 24.6 Å². The van der Waals surface area contributed by atoms with Crippen LogP contribution in [-0.4, -0.2) is 10.9 Å². The van der Waals surface area contributed by atoms with Gasteiger partial charge in [0.05, 0.1) is 5.71 Å². The van der Waals surface area contributed by atoms with Gasteiger partial charge in [-0.25, -0.2) is 4.39 Å². The fraction of sp³-hybridized carbons (Fsp3) is 0.222. The van der Waals surface area contributed by atoms with Crippen LogP contribution in [0.3, 0.4) is 0 Å². The summed E-state index contributed by atoms with van der Waals surface area (Å²) in [6.45, 7) is 1.69. The van der Waals surface area contributed by atoms with Gasteiger partial charge in [-0.1, -0.05) is 17.3 Å². The lowest BCUT2D eigenvalue weighted by molar-refractivity contribution is 0.317. The highest BCUT2D eigenvalue weighted by atomic mass is 19.1. The topological polar surface area (TPSA) is 32.6 Å². The average molecular weight is 167 g/mol. The van der Waals surface area contributed by atoms with E-state index in [0.29, 0.717) is 12.1 Å². The summed E-state index contributed by atoms with van der Waals surface area (Å²) in [5.41, 5.74) is 1.38. The van der Waals surface area contributed by atoms with Gasteiger partial charge >= 0.3 is 0 Å². The van der Waals surface area contributed by atoms with E-state index >= 15 is 0 Å². The monoisotopic (exact) mass is 167 g/mol. The highest BCUT2D eigenvalue weighted by Crippen LogP contribution is 2.04. The molecule has 0 heterocycles. The lowest BCUT2D eigenvalue weighted by Crippen LogP contribution is -1.97. The first-order valence-electron chi connectivity index (χ1n) is 3.64. The lowest BCUT2D eigenvalue weighted by Gasteiger charge is -1.98. The summed E-state index contributed by atoms with van der Waals surface area (Å²) in [5.74, 6) is -0.266. The summed E-state index contributed by atoms with van der Waals surface area (Å²) in [5, 5.41) is 11.4. The van der Waals surface area contributed by atoms with Crippen LogP contribution < -0.4 is 0 Å². The summed E-state index contributed by atoms with van der Waals surface area (Å²) in [4.78, 5) is 0. The van der Waals surface area contributed by atoms with E-state index in [4.69, 9.17) is 5.21 Å². The van der Waals surface area contributed by atoms with Gasteiger partial charge in [0.1, 0.15) is 5.82 Å². The molecule has 0 saturated heterocycles. The molecule has 0 unspecified atom stereocenters. The molecule has 1 N–H and O–H groups in total. The SMILES string of the molecule is C/C(Cc1cccc(F)c1)=N/O. The van der Waals surface area contributed by atoms with Gasteiger partial charge in [0.25, 0.3) is 0 Å². The number of halogens is 1. The van der Waals surface area contributed by atoms with E-state index in [9.17, 15) is 4.39 Å². The quantitative estimate of drug-likeness (QED) is 0.409. The Morgan fingerprint density at radius 3 is 2.92 bits per heavy atom. The van der Waals surface area contributed by atoms with Crippen LogP contribution in [0.4, 0.5) is 4.39 Å². The Labute approximate surface area is 70.3 Å². The normalized spacial score (nSPS) is 11.7. The number of hydrogen-bond donors (Lipinski definition) is 1. The summed E-state index contributed by atoms with van der Waals surface area (Å²) < 4.78 is 12.6. The summed E-state index contributed by atoms with van der Waals surface area (Å²) in [6.07, 6.45) is 0.480. The molecule has 3 heteroatoms. The molecule has 0 aliphatic carbocycles. The van der Waals surface area contributed by atoms with Gasteiger partial charge in [0.15, 0.2) is 0 Å². The Bertz CT molecular complexity index is 296. The average Bonchev–Trinajstić information content (AvgIpc) is 2.04. The standard InChI is InChI=1S/C9H10FNO/c1-7(11-12)5-8-3-2-4-9(10)6-8/h2-4,6,12H,5H2,1H3/b11-7-. The molecule has 0 atom stereocenters. The molecule has 1 rings (SSSR count). The van der Waals surface area contributed by atoms with Gasteiger partial charge in [-0.15, -0.1) is 0 Å². The lowest BCUT2D eigenvalue weighted by atomic mass is 10.1. The molecule has 1 aromatic carbocycles. The van der Waals surface area contributed by atoms with Crippen LogP contribution in [0.1, 0.15) is 12.5 Å². The van der Waals surface area contributed by atoms with Crippen LogP contribution in [-0.2, 0) is 6.42 Å². The Morgan fingerprint density at radius 2 is 2.33 bits per heavy atom. The van der Waals surface area contributed by atoms with Crippen LogP contribution in [0.2, 0.25) is 0 Å². The highest BCUT2D eigenvalue weighted by molar-refractivity contribution is 5.83. The van der Waals surface area contributed by atoms with Crippen molar-refractivity contribution in [2.75, 3.05) is 0 Å². The molecule has 0 saturated carbocycles. The first kappa shape index (κ1) is 8.71. The molecule has 0 fully saturated rings. The zero-order chi connectivity index (χ0) is 8.97. The molecule has 0 amide bonds. The maximum Gasteiger partial charge on any atom is 0.123 e. The molecule has 0 aromatic heterocycles. The first-order chi connectivity index (χ1) is 5.72. The molecule has 0 radical (unpaired) electrons. The smallest absolute Gasteiger partial charge is 0.123 e. The zero-order valence-corrected chi connectivity index (χ0v) is 6.79. The van der Waals surface area contributed by atoms with Crippen molar-refractivity contribution in [3.8, 4) is 0 Å². The second-order valence-corrected chi connectivity index (χ2v) is 2.64. The summed E-state index contributed by atoms with van der Waals surface area (Å²) in [6, 6.07) is 6.23. The minimum atomic E-state index is -0.266. The maximum atomic E-state index is 12.6. The van der Waals surface area contributed by atoms with E-state index < -0.39 is 0 Å². The minimum absolute atomic E-state index is 0.266. The molecule has 2 nitrogen and oxygen atoms in total. The maximum absolute atomic E-state index is 12.6. The number of rotatable bonds is 2. The second-order valence-electron chi connectivity index (χ2n) is 2.64. The third-order valence-electron chi connectivity index (χ3n) is 1.52. The first-order valence-corrected chi connectivity index (χ1v) is 3.64. The molecule has 0 bridgehead atoms. The molecule has 0 spiro atoms. The predicted octanol–water partition coefficient (Wildman–Crippen LogP) is 2.22. The molecule has 0 aliphatic rings. The van der Waals surface area contributed by atoms with Crippen molar-refractivity contribution in [2.45, 2.75) is 13.3 Å². The van der Waals surface area contributed by atoms with Crippen LogP contribution in [0.15, 0.2) is 29.4 Å². The van der Waals surface area contributed by atoms with E-state index in [1.54, 1.807) is 19.1 Å². The minimum Gasteiger partial charge on any atom is -0.411 e. The molecular formula is C9H10FNO. The molecule has 64 valence electrons. The van der Waals surface area contributed by atoms with Gasteiger partial charge < -0.3 is 5.21 Å². The fourth-order valence-electron chi connectivity index (χ4n) is 0.978. The van der Waals surface area contributed by atoms with Gasteiger partial charge in [-0.3, -0.25) is 0 Å². The van der Waals surface area contributed by atoms with Crippen molar-refractivity contribution in [2.24, 2.45) is 5.16 Å². The number of nitrogens with zero attached hydrogens (tertiary/aromatic N) is 1. The van der Waals surface area contributed by atoms with E-state index in [1.807, 2.05) is 0 Å². The van der Waals surface area contributed by atoms with Gasteiger partial charge in [-0.2, -0.15) is 0 Å². The van der Waals surface area contributed by atoms with Crippen LogP contribution >= 0.6 is 0 Å². The Morgan fingerprint density at radius 1 is 1.58 bits per heavy atom. The second kappa shape index (κ2) is 3.85. The van der Waals surface area contributed by atoms with Crippen molar-refractivity contribution in [1.29, 1.82) is 0 Å². The van der Waals surface area contributed by atoms with Crippen LogP contribution in [0.25, 0.3) is 0 Å². The van der Waals surface area contributed by atoms with Crippen LogP contribution in [0.5, 0.6) is 0 Å². The van der Waals surface area contributed by atoms with Crippen LogP contribution in [0, 0.1) is 5.82 Å². The van der Waals surface area contributed by atoms with E-state index in [2.05, 4.69) is 5.16 Å². The molecular weight excluding hydrogens is 157 g/mol. The number of hydrogen-bond acceptors (Lipinski definition) is 2. The molecule has 1 aromatic rings. The highest BCUT2D eigenvalue weighted by Gasteiger charge is 1.97. The summed E-state index contributed by atoms with van der Waals surface area (Å²) in [7, 11) is 0. The summed E-state index contributed by atoms with van der Waals surface area (Å²) >= 11 is 0. The number of oxime groups is 1. The Balaban J connectivity index is 2.76. The van der Waals surface area contributed by atoms with E-state index in [-0.39, 0.29) is 5.82 Å². The van der Waals surface area contributed by atoms with Crippen molar-refractivity contribution in [1.82, 2.24) is 0 Å². The molecule has 12 heavy (non-hydrogen) atoms. The third kappa shape index (κ3) is 2.34. The third-order valence-corrected chi connectivity index (χ3v) is 1.52. The largest absolute Gasteiger partial charge is 0.411 e. The predicted molar refractivity (Wildman–Crippen MR) is 45.0 cm³/mol. The van der Waals surface area contributed by atoms with Crippen molar-refractivity contribution in [3.63, 3.8) is 0 Å². The van der Waals surface area contributed by atoms with E-state index in [1.165, 1.54) is 12.1 Å². The van der Waals surface area contributed by atoms with E-state index in [0.717, 1.165) is 5.56 Å². The van der Waals surface area contributed by atoms with Gasteiger partial charge in [0, 0.05) is 6.42 Å². The van der Waals surface area contributed by atoms with Crippen molar-refractivity contribution < 1.29 is 9.60 Å². The Hall–Kier alpha value is -1.38. The Kier molecular flexibility index (Phi) is 2.80. The zero-order valence-electron chi connectivity index (χ0n) is 6.79. The van der Waals surface area contributed by atoms with Crippen molar-refractivity contribution >= 4 is 5.71 Å². The van der Waals surface area contributed by atoms with Crippen molar-refractivity contribution in [3.05, 3.63) is 35.6 Å².